The molecule has 35 heavy (non-hydrogen) atoms. The highest BCUT2D eigenvalue weighted by Gasteiger charge is 2.56. The largest absolute Gasteiger partial charge is 0.508 e. The maximum atomic E-state index is 13.7. The normalized spacial score (nSPS) is 23.4. The maximum absolute atomic E-state index is 13.7. The van der Waals surface area contributed by atoms with Crippen molar-refractivity contribution < 1.29 is 28.5 Å². The number of carbonyl (C=O) groups excluding carboxylic acids is 1. The molecule has 0 spiro atoms. The van der Waals surface area contributed by atoms with Crippen LogP contribution in [0.1, 0.15) is 34.5 Å². The third-order valence-corrected chi connectivity index (χ3v) is 6.87. The van der Waals surface area contributed by atoms with Gasteiger partial charge in [-0.2, -0.15) is 0 Å². The van der Waals surface area contributed by atoms with Crippen LogP contribution in [-0.4, -0.2) is 43.3 Å². The van der Waals surface area contributed by atoms with Crippen LogP contribution in [0.5, 0.6) is 23.0 Å². The molecule has 9 heteroatoms. The van der Waals surface area contributed by atoms with Crippen molar-refractivity contribution in [3.63, 3.8) is 0 Å². The fraction of sp³-hybridized carbons (Fsp3) is 0.346. The number of benzene rings is 2. The average molecular weight is 480 g/mol. The lowest BCUT2D eigenvalue weighted by Crippen LogP contribution is -2.41. The lowest BCUT2D eigenvalue weighted by atomic mass is 9.82. The number of carbonyl (C=O) groups is 1. The summed E-state index contributed by atoms with van der Waals surface area (Å²) < 4.78 is 22.3. The minimum atomic E-state index is -0.501. The number of rotatable bonds is 7. The first-order chi connectivity index (χ1) is 17.0. The van der Waals surface area contributed by atoms with Gasteiger partial charge >= 0.3 is 0 Å². The number of phenolic OH excluding ortho intramolecular Hbond substituents is 1. The zero-order valence-electron chi connectivity index (χ0n) is 20.1. The van der Waals surface area contributed by atoms with E-state index in [1.165, 1.54) is 0 Å². The molecule has 0 aliphatic carbocycles. The third kappa shape index (κ3) is 3.86. The van der Waals surface area contributed by atoms with Gasteiger partial charge in [0, 0.05) is 11.5 Å². The Kier molecular flexibility index (Phi) is 6.04. The molecule has 5 rings (SSSR count). The molecule has 0 bridgehead atoms. The Bertz CT molecular complexity index is 1200. The summed E-state index contributed by atoms with van der Waals surface area (Å²) in [5.41, 5.74) is 9.02. The first-order valence-electron chi connectivity index (χ1n) is 11.4. The molecular weight excluding hydrogens is 450 g/mol. The molecule has 4 unspecified atom stereocenters. The van der Waals surface area contributed by atoms with Crippen molar-refractivity contribution in [1.82, 2.24) is 15.8 Å². The Morgan fingerprint density at radius 3 is 2.34 bits per heavy atom. The summed E-state index contributed by atoms with van der Waals surface area (Å²) >= 11 is 0. The number of ether oxygens (including phenoxy) is 3. The molecule has 0 radical (unpaired) electrons. The number of phenols is 1. The summed E-state index contributed by atoms with van der Waals surface area (Å²) in [6, 6.07) is 11.7. The summed E-state index contributed by atoms with van der Waals surface area (Å²) in [7, 11) is 4.69. The van der Waals surface area contributed by atoms with Crippen molar-refractivity contribution >= 4 is 5.91 Å². The van der Waals surface area contributed by atoms with E-state index in [1.54, 1.807) is 39.7 Å². The van der Waals surface area contributed by atoms with Crippen LogP contribution in [0.4, 0.5) is 0 Å². The van der Waals surface area contributed by atoms with E-state index in [-0.39, 0.29) is 29.7 Å². The van der Waals surface area contributed by atoms with Crippen LogP contribution >= 0.6 is 0 Å². The van der Waals surface area contributed by atoms with Crippen molar-refractivity contribution in [3.05, 3.63) is 71.2 Å². The van der Waals surface area contributed by atoms with Gasteiger partial charge < -0.3 is 28.6 Å². The van der Waals surface area contributed by atoms with Crippen molar-refractivity contribution in [2.75, 3.05) is 21.3 Å². The highest BCUT2D eigenvalue weighted by atomic mass is 16.5. The average Bonchev–Trinajstić information content (AvgIpc) is 3.59. The molecule has 2 fully saturated rings. The Balaban J connectivity index is 1.65. The first kappa shape index (κ1) is 23.1. The van der Waals surface area contributed by atoms with Gasteiger partial charge in [-0.3, -0.25) is 4.79 Å². The second-order valence-corrected chi connectivity index (χ2v) is 8.83. The monoisotopic (exact) mass is 479 g/mol. The van der Waals surface area contributed by atoms with E-state index in [9.17, 15) is 9.90 Å². The van der Waals surface area contributed by atoms with Gasteiger partial charge in [-0.25, -0.2) is 10.9 Å². The molecule has 3 N–H and O–H groups in total. The van der Waals surface area contributed by atoms with Crippen molar-refractivity contribution in [2.24, 2.45) is 5.92 Å². The molecular formula is C26H29N3O6. The van der Waals surface area contributed by atoms with E-state index >= 15 is 0 Å². The highest BCUT2D eigenvalue weighted by molar-refractivity contribution is 5.86. The van der Waals surface area contributed by atoms with E-state index in [4.69, 9.17) is 18.6 Å². The predicted octanol–water partition coefficient (Wildman–Crippen LogP) is 3.24. The zero-order chi connectivity index (χ0) is 24.7. The van der Waals surface area contributed by atoms with Gasteiger partial charge in [-0.15, -0.1) is 0 Å². The van der Waals surface area contributed by atoms with Crippen LogP contribution in [0.15, 0.2) is 53.1 Å². The number of amides is 1. The number of hydrogen-bond donors (Lipinski definition) is 3. The van der Waals surface area contributed by atoms with E-state index in [2.05, 4.69) is 10.9 Å². The smallest absolute Gasteiger partial charge is 0.242 e. The molecule has 3 heterocycles. The minimum Gasteiger partial charge on any atom is -0.508 e. The van der Waals surface area contributed by atoms with Crippen LogP contribution in [0.3, 0.4) is 0 Å². The number of nitrogens with one attached hydrogen (secondary N) is 2. The summed E-state index contributed by atoms with van der Waals surface area (Å²) in [5, 5.41) is 10.7. The van der Waals surface area contributed by atoms with E-state index < -0.39 is 6.04 Å². The highest BCUT2D eigenvalue weighted by Crippen LogP contribution is 2.51. The first-order valence-corrected chi connectivity index (χ1v) is 11.4. The number of likely N-dealkylation sites (tertiary alicyclic amines) is 1. The molecule has 4 atom stereocenters. The van der Waals surface area contributed by atoms with Crippen LogP contribution < -0.4 is 25.1 Å². The standard InChI is InChI=1S/C26H29N3O6/c1-14-7-8-18(30)17(10-14)22-21-23(28-27-22)26(31)29(13-16-6-5-9-35-16)24(21)15-11-19(32-2)25(34-4)20(12-15)33-3/h5-12,21-24,27-28,30H,13H2,1-4H3. The second kappa shape index (κ2) is 9.16. The molecule has 1 aromatic heterocycles. The summed E-state index contributed by atoms with van der Waals surface area (Å²) in [6.45, 7) is 2.27. The number of nitrogens with zero attached hydrogens (tertiary/aromatic N) is 1. The number of fused-ring (bicyclic) bond motifs is 1. The molecule has 2 aromatic carbocycles. The van der Waals surface area contributed by atoms with Gasteiger partial charge in [0.25, 0.3) is 0 Å². The van der Waals surface area contributed by atoms with Gasteiger partial charge in [0.1, 0.15) is 17.6 Å². The van der Waals surface area contributed by atoms with Gasteiger partial charge in [-0.1, -0.05) is 17.7 Å². The molecule has 2 aliphatic heterocycles. The van der Waals surface area contributed by atoms with Gasteiger partial charge in [-0.05, 0) is 42.8 Å². The van der Waals surface area contributed by atoms with Crippen molar-refractivity contribution in [2.45, 2.75) is 31.6 Å². The number of hydrazine groups is 1. The number of methoxy groups -OCH3 is 3. The van der Waals surface area contributed by atoms with Crippen LogP contribution in [0, 0.1) is 12.8 Å². The lowest BCUT2D eigenvalue weighted by Gasteiger charge is -2.31. The minimum absolute atomic E-state index is 0.0627. The summed E-state index contributed by atoms with van der Waals surface area (Å²) in [4.78, 5) is 15.5. The van der Waals surface area contributed by atoms with Crippen LogP contribution in [0.2, 0.25) is 0 Å². The topological polar surface area (TPSA) is 105 Å². The quantitative estimate of drug-likeness (QED) is 0.474. The fourth-order valence-electron chi connectivity index (χ4n) is 5.31. The van der Waals surface area contributed by atoms with Crippen LogP contribution in [0.25, 0.3) is 0 Å². The van der Waals surface area contributed by atoms with Gasteiger partial charge in [0.05, 0.1) is 46.2 Å². The Labute approximate surface area is 203 Å². The Morgan fingerprint density at radius 1 is 1.00 bits per heavy atom. The molecule has 3 aromatic rings. The van der Waals surface area contributed by atoms with Crippen LogP contribution in [-0.2, 0) is 11.3 Å². The predicted molar refractivity (Wildman–Crippen MR) is 127 cm³/mol. The van der Waals surface area contributed by atoms with Gasteiger partial charge in [0.2, 0.25) is 11.7 Å². The number of aromatic hydroxyl groups is 1. The number of hydrogen-bond acceptors (Lipinski definition) is 8. The molecule has 2 saturated heterocycles. The SMILES string of the molecule is COc1cc(C2C3C(NNC3c3cc(C)ccc3O)C(=O)N2Cc2ccco2)cc(OC)c1OC. The van der Waals surface area contributed by atoms with Gasteiger partial charge in [0.15, 0.2) is 11.5 Å². The molecule has 0 saturated carbocycles. The Hall–Kier alpha value is -3.69. The maximum Gasteiger partial charge on any atom is 0.242 e. The zero-order valence-corrected chi connectivity index (χ0v) is 20.1. The molecule has 9 nitrogen and oxygen atoms in total. The lowest BCUT2D eigenvalue weighted by molar-refractivity contribution is -0.131. The van der Waals surface area contributed by atoms with E-state index in [0.717, 1.165) is 16.7 Å². The number of furan rings is 1. The second-order valence-electron chi connectivity index (χ2n) is 8.83. The van der Waals surface area contributed by atoms with E-state index in [0.29, 0.717) is 29.6 Å². The molecule has 2 aliphatic rings. The summed E-state index contributed by atoms with van der Waals surface area (Å²) in [5.74, 6) is 2.04. The summed E-state index contributed by atoms with van der Waals surface area (Å²) in [6.07, 6.45) is 1.60. The van der Waals surface area contributed by atoms with E-state index in [1.807, 2.05) is 42.2 Å². The fourth-order valence-corrected chi connectivity index (χ4v) is 5.31. The number of aryl methyl sites for hydroxylation is 1. The molecule has 184 valence electrons. The molecule has 1 amide bonds. The Morgan fingerprint density at radius 2 is 1.71 bits per heavy atom. The van der Waals surface area contributed by atoms with Crippen molar-refractivity contribution in [1.29, 1.82) is 0 Å². The van der Waals surface area contributed by atoms with Crippen molar-refractivity contribution in [3.8, 4) is 23.0 Å². The third-order valence-electron chi connectivity index (χ3n) is 6.87.